The number of esters is 1. The molecule has 0 amide bonds. The van der Waals surface area contributed by atoms with Gasteiger partial charge in [0.2, 0.25) is 0 Å². The van der Waals surface area contributed by atoms with Crippen LogP contribution in [-0.2, 0) is 14.3 Å². The van der Waals surface area contributed by atoms with E-state index < -0.39 is 5.97 Å². The lowest BCUT2D eigenvalue weighted by Gasteiger charge is -2.16. The second-order valence-electron chi connectivity index (χ2n) is 6.72. The lowest BCUT2D eigenvalue weighted by Crippen LogP contribution is -2.15. The smallest absolute Gasteiger partial charge is 0.334 e. The molecule has 0 unspecified atom stereocenters. The third-order valence-electron chi connectivity index (χ3n) is 4.76. The van der Waals surface area contributed by atoms with E-state index in [1.165, 1.54) is 5.57 Å². The number of carbonyl (C=O) groups excluding carboxylic acids is 1. The van der Waals surface area contributed by atoms with Gasteiger partial charge >= 0.3 is 11.9 Å². The van der Waals surface area contributed by atoms with Crippen LogP contribution in [0, 0.1) is 5.92 Å². The fourth-order valence-corrected chi connectivity index (χ4v) is 3.21. The molecule has 4 heteroatoms. The quantitative estimate of drug-likeness (QED) is 0.441. The van der Waals surface area contributed by atoms with E-state index in [-0.39, 0.29) is 18.0 Å². The summed E-state index contributed by atoms with van der Waals surface area (Å²) in [6.07, 6.45) is 10.1. The molecule has 2 rings (SSSR count). The fourth-order valence-electron chi connectivity index (χ4n) is 3.21. The minimum atomic E-state index is -0.837. The van der Waals surface area contributed by atoms with E-state index in [1.54, 1.807) is 0 Å². The largest absolute Gasteiger partial charge is 0.478 e. The Morgan fingerprint density at radius 2 is 1.88 bits per heavy atom. The van der Waals surface area contributed by atoms with E-state index in [1.807, 2.05) is 26.0 Å². The van der Waals surface area contributed by atoms with Gasteiger partial charge < -0.3 is 9.84 Å². The van der Waals surface area contributed by atoms with Crippen molar-refractivity contribution in [3.05, 3.63) is 47.1 Å². The highest BCUT2D eigenvalue weighted by atomic mass is 16.5. The van der Waals surface area contributed by atoms with E-state index in [2.05, 4.69) is 12.7 Å². The summed E-state index contributed by atoms with van der Waals surface area (Å²) in [6, 6.07) is 0. The zero-order chi connectivity index (χ0) is 17.7. The van der Waals surface area contributed by atoms with Gasteiger partial charge in [0, 0.05) is 17.1 Å². The maximum atomic E-state index is 11.8. The second-order valence-corrected chi connectivity index (χ2v) is 6.72. The molecule has 1 fully saturated rings. The Balaban J connectivity index is 2.23. The molecule has 0 saturated carbocycles. The van der Waals surface area contributed by atoms with Crippen LogP contribution in [0.5, 0.6) is 0 Å². The number of carboxylic acids is 1. The number of hydrogen-bond donors (Lipinski definition) is 1. The summed E-state index contributed by atoms with van der Waals surface area (Å²) < 4.78 is 5.46. The topological polar surface area (TPSA) is 63.6 Å². The van der Waals surface area contributed by atoms with Gasteiger partial charge in [0.05, 0.1) is 0 Å². The van der Waals surface area contributed by atoms with Crippen molar-refractivity contribution in [2.24, 2.45) is 5.92 Å². The molecule has 0 spiro atoms. The van der Waals surface area contributed by atoms with Crippen molar-refractivity contribution in [2.75, 3.05) is 0 Å². The van der Waals surface area contributed by atoms with Crippen molar-refractivity contribution in [3.63, 3.8) is 0 Å². The van der Waals surface area contributed by atoms with Crippen molar-refractivity contribution in [1.29, 1.82) is 0 Å². The van der Waals surface area contributed by atoms with E-state index in [4.69, 9.17) is 4.74 Å². The standard InChI is InChI=1S/C20H26O4/c1-13-6-4-8-16(19(21)22)9-5-7-14(2)12-18-17(11-10-13)15(3)20(23)24-18/h6,9,12,17-18H,3-5,7-8,10-11H2,1-2H3,(H,21,22)/b13-6+,14-12+,16-9-/t17-,18+/m1/s1. The molecule has 1 aliphatic heterocycles. The van der Waals surface area contributed by atoms with Gasteiger partial charge in [-0.15, -0.1) is 0 Å². The minimum absolute atomic E-state index is 0.0314. The van der Waals surface area contributed by atoms with Gasteiger partial charge in [-0.05, 0) is 58.4 Å². The Hall–Kier alpha value is -2.10. The van der Waals surface area contributed by atoms with Gasteiger partial charge in [-0.3, -0.25) is 0 Å². The Morgan fingerprint density at radius 3 is 2.58 bits per heavy atom. The predicted molar refractivity (Wildman–Crippen MR) is 93.4 cm³/mol. The van der Waals surface area contributed by atoms with Crippen LogP contribution in [0.15, 0.2) is 47.1 Å². The predicted octanol–water partition coefficient (Wildman–Crippen LogP) is 4.34. The Bertz CT molecular complexity index is 622. The van der Waals surface area contributed by atoms with Crippen LogP contribution in [0.1, 0.15) is 52.4 Å². The second kappa shape index (κ2) is 8.13. The van der Waals surface area contributed by atoms with Crippen molar-refractivity contribution in [1.82, 2.24) is 0 Å². The fraction of sp³-hybridized carbons (Fsp3) is 0.500. The molecule has 1 N–H and O–H groups in total. The Labute approximate surface area is 143 Å². The molecule has 0 aromatic rings. The normalized spacial score (nSPS) is 33.0. The number of aliphatic carboxylic acids is 1. The van der Waals surface area contributed by atoms with Crippen molar-refractivity contribution in [2.45, 2.75) is 58.5 Å². The lowest BCUT2D eigenvalue weighted by atomic mass is 9.89. The van der Waals surface area contributed by atoms with Gasteiger partial charge in [0.15, 0.2) is 0 Å². The van der Waals surface area contributed by atoms with E-state index >= 15 is 0 Å². The van der Waals surface area contributed by atoms with Crippen LogP contribution < -0.4 is 0 Å². The molecule has 4 nitrogen and oxygen atoms in total. The summed E-state index contributed by atoms with van der Waals surface area (Å²) in [5.74, 6) is -1.10. The summed E-state index contributed by atoms with van der Waals surface area (Å²) >= 11 is 0. The van der Waals surface area contributed by atoms with Crippen molar-refractivity contribution in [3.8, 4) is 0 Å². The molecule has 1 saturated heterocycles. The molecule has 2 aliphatic rings. The minimum Gasteiger partial charge on any atom is -0.478 e. The maximum absolute atomic E-state index is 11.8. The number of rotatable bonds is 1. The molecule has 0 aromatic heterocycles. The first kappa shape index (κ1) is 18.2. The number of ether oxygens (including phenoxy) is 1. The van der Waals surface area contributed by atoms with Gasteiger partial charge in [0.25, 0.3) is 0 Å². The molecule has 0 aromatic carbocycles. The van der Waals surface area contributed by atoms with Gasteiger partial charge in [-0.1, -0.05) is 29.9 Å². The first-order valence-corrected chi connectivity index (χ1v) is 8.53. The summed E-state index contributed by atoms with van der Waals surface area (Å²) in [7, 11) is 0. The number of fused-ring (bicyclic) bond motifs is 1. The van der Waals surface area contributed by atoms with Crippen LogP contribution in [0.25, 0.3) is 0 Å². The van der Waals surface area contributed by atoms with Crippen LogP contribution in [-0.4, -0.2) is 23.1 Å². The van der Waals surface area contributed by atoms with Crippen LogP contribution in [0.3, 0.4) is 0 Å². The first-order chi connectivity index (χ1) is 11.4. The average Bonchev–Trinajstić information content (AvgIpc) is 2.77. The lowest BCUT2D eigenvalue weighted by molar-refractivity contribution is -0.137. The molecule has 0 bridgehead atoms. The SMILES string of the molecule is C=C1C(=O)O[C@H]2/C=C(\C)CC/C=C(\C(=O)O)CC/C=C(\C)CC[C@H]12. The highest BCUT2D eigenvalue weighted by Gasteiger charge is 2.36. The molecule has 1 heterocycles. The summed E-state index contributed by atoms with van der Waals surface area (Å²) in [5.41, 5.74) is 3.36. The monoisotopic (exact) mass is 330 g/mol. The zero-order valence-corrected chi connectivity index (χ0v) is 14.5. The first-order valence-electron chi connectivity index (χ1n) is 8.53. The van der Waals surface area contributed by atoms with E-state index in [0.29, 0.717) is 24.0 Å². The maximum Gasteiger partial charge on any atom is 0.334 e. The number of allylic oxidation sites excluding steroid dienone is 4. The molecule has 0 radical (unpaired) electrons. The van der Waals surface area contributed by atoms with E-state index in [9.17, 15) is 14.7 Å². The van der Waals surface area contributed by atoms with Gasteiger partial charge in [-0.25, -0.2) is 9.59 Å². The molecule has 1 aliphatic carbocycles. The van der Waals surface area contributed by atoms with Gasteiger partial charge in [-0.2, -0.15) is 0 Å². The molecule has 2 atom stereocenters. The molecule has 24 heavy (non-hydrogen) atoms. The van der Waals surface area contributed by atoms with Crippen molar-refractivity contribution >= 4 is 11.9 Å². The Kier molecular flexibility index (Phi) is 6.18. The molecule has 130 valence electrons. The highest BCUT2D eigenvalue weighted by Crippen LogP contribution is 2.33. The van der Waals surface area contributed by atoms with Crippen LogP contribution in [0.2, 0.25) is 0 Å². The summed E-state index contributed by atoms with van der Waals surface area (Å²) in [6.45, 7) is 7.95. The van der Waals surface area contributed by atoms with Crippen LogP contribution in [0.4, 0.5) is 0 Å². The number of hydrogen-bond acceptors (Lipinski definition) is 3. The third-order valence-corrected chi connectivity index (χ3v) is 4.76. The average molecular weight is 330 g/mol. The third kappa shape index (κ3) is 4.70. The van der Waals surface area contributed by atoms with Crippen molar-refractivity contribution < 1.29 is 19.4 Å². The number of carboxylic acid groups (broad SMARTS) is 1. The molecular formula is C20H26O4. The summed E-state index contributed by atoms with van der Waals surface area (Å²) in [5, 5.41) is 9.29. The number of carbonyl (C=O) groups is 2. The van der Waals surface area contributed by atoms with Crippen LogP contribution >= 0.6 is 0 Å². The molecular weight excluding hydrogens is 304 g/mol. The van der Waals surface area contributed by atoms with Gasteiger partial charge in [0.1, 0.15) is 6.10 Å². The summed E-state index contributed by atoms with van der Waals surface area (Å²) in [4.78, 5) is 23.2. The Morgan fingerprint density at radius 1 is 1.17 bits per heavy atom. The highest BCUT2D eigenvalue weighted by molar-refractivity contribution is 5.91. The van der Waals surface area contributed by atoms with E-state index in [0.717, 1.165) is 31.3 Å². The zero-order valence-electron chi connectivity index (χ0n) is 14.5.